The van der Waals surface area contributed by atoms with Gasteiger partial charge in [0, 0.05) is 23.6 Å². The molecule has 0 saturated carbocycles. The number of aromatic nitrogens is 3. The van der Waals surface area contributed by atoms with E-state index in [0.717, 1.165) is 11.5 Å². The zero-order chi connectivity index (χ0) is 18.5. The van der Waals surface area contributed by atoms with Crippen molar-refractivity contribution in [2.75, 3.05) is 11.1 Å². The van der Waals surface area contributed by atoms with Crippen LogP contribution >= 0.6 is 0 Å². The number of nitrogen functional groups attached to an aromatic ring is 1. The maximum atomic E-state index is 13.9. The molecule has 0 bridgehead atoms. The maximum Gasteiger partial charge on any atom is 0.241 e. The van der Waals surface area contributed by atoms with Gasteiger partial charge in [-0.15, -0.1) is 5.10 Å². The third kappa shape index (κ3) is 2.52. The Bertz CT molecular complexity index is 1070. The highest BCUT2D eigenvalue weighted by Crippen LogP contribution is 2.44. The van der Waals surface area contributed by atoms with Crippen molar-refractivity contribution in [3.63, 3.8) is 0 Å². The van der Waals surface area contributed by atoms with Gasteiger partial charge in [0.05, 0.1) is 6.26 Å². The molecule has 7 nitrogen and oxygen atoms in total. The van der Waals surface area contributed by atoms with Gasteiger partial charge in [-0.3, -0.25) is 4.79 Å². The Kier molecular flexibility index (Phi) is 3.40. The fourth-order valence-corrected chi connectivity index (χ4v) is 3.94. The van der Waals surface area contributed by atoms with Crippen molar-refractivity contribution >= 4 is 17.7 Å². The summed E-state index contributed by atoms with van der Waals surface area (Å²) in [7, 11) is 0. The molecule has 0 radical (unpaired) electrons. The minimum atomic E-state index is -0.568. The molecule has 2 aromatic heterocycles. The Hall–Kier alpha value is -3.42. The molecule has 2 atom stereocenters. The van der Waals surface area contributed by atoms with Crippen molar-refractivity contribution in [2.24, 2.45) is 0 Å². The molecule has 5 rings (SSSR count). The maximum absolute atomic E-state index is 13.9. The quantitative estimate of drug-likeness (QED) is 0.724. The van der Waals surface area contributed by atoms with Crippen molar-refractivity contribution in [1.82, 2.24) is 14.8 Å². The minimum Gasteiger partial charge on any atom is -0.469 e. The first-order chi connectivity index (χ1) is 13.1. The van der Waals surface area contributed by atoms with E-state index in [2.05, 4.69) is 15.4 Å². The summed E-state index contributed by atoms with van der Waals surface area (Å²) < 4.78 is 20.9. The van der Waals surface area contributed by atoms with E-state index < -0.39 is 6.04 Å². The van der Waals surface area contributed by atoms with Crippen LogP contribution in [0.1, 0.15) is 36.1 Å². The molecule has 3 N–H and O–H groups in total. The molecule has 1 aliphatic heterocycles. The minimum absolute atomic E-state index is 0.0286. The molecular weight excluding hydrogens is 349 g/mol. The molecule has 3 heterocycles. The molecule has 136 valence electrons. The fourth-order valence-electron chi connectivity index (χ4n) is 3.94. The van der Waals surface area contributed by atoms with Crippen LogP contribution in [0.4, 0.5) is 16.3 Å². The van der Waals surface area contributed by atoms with Gasteiger partial charge in [-0.1, -0.05) is 12.1 Å². The first-order valence-corrected chi connectivity index (χ1v) is 8.64. The van der Waals surface area contributed by atoms with E-state index >= 15 is 0 Å². The zero-order valence-corrected chi connectivity index (χ0v) is 14.2. The molecule has 0 spiro atoms. The molecule has 0 amide bonds. The summed E-state index contributed by atoms with van der Waals surface area (Å²) in [5.41, 5.74) is 7.73. The number of Topliss-reactive ketones (excluding diaryl/α,β-unsaturated/α-hetero) is 1. The summed E-state index contributed by atoms with van der Waals surface area (Å²) in [6.45, 7) is 0. The molecule has 3 aromatic rings. The Morgan fingerprint density at radius 3 is 2.93 bits per heavy atom. The van der Waals surface area contributed by atoms with Crippen LogP contribution in [0.25, 0.3) is 0 Å². The van der Waals surface area contributed by atoms with Gasteiger partial charge in [0.2, 0.25) is 11.9 Å². The largest absolute Gasteiger partial charge is 0.469 e. The highest BCUT2D eigenvalue weighted by molar-refractivity contribution is 6.00. The summed E-state index contributed by atoms with van der Waals surface area (Å²) in [5.74, 6) is 0.838. The first kappa shape index (κ1) is 15.8. The molecule has 0 unspecified atom stereocenters. The Labute approximate surface area is 153 Å². The smallest absolute Gasteiger partial charge is 0.241 e. The summed E-state index contributed by atoms with van der Waals surface area (Å²) in [5, 5.41) is 7.42. The Balaban J connectivity index is 1.65. The molecule has 1 aromatic carbocycles. The number of rotatable bonds is 2. The van der Waals surface area contributed by atoms with Gasteiger partial charge in [-0.05, 0) is 36.2 Å². The zero-order valence-electron chi connectivity index (χ0n) is 14.2. The number of nitrogens with zero attached hydrogens (tertiary/aromatic N) is 3. The first-order valence-electron chi connectivity index (χ1n) is 8.64. The number of ketones is 1. The number of carbonyl (C=O) groups is 1. The summed E-state index contributed by atoms with van der Waals surface area (Å²) >= 11 is 0. The van der Waals surface area contributed by atoms with Crippen LogP contribution in [0.5, 0.6) is 0 Å². The van der Waals surface area contributed by atoms with E-state index in [-0.39, 0.29) is 23.5 Å². The number of halogens is 1. The lowest BCUT2D eigenvalue weighted by Gasteiger charge is -2.34. The van der Waals surface area contributed by atoms with Crippen molar-refractivity contribution < 1.29 is 13.6 Å². The number of nitrogens with two attached hydrogens (primary N) is 1. The number of carbonyl (C=O) groups excluding carboxylic acids is 1. The molecule has 0 saturated heterocycles. The van der Waals surface area contributed by atoms with E-state index in [1.54, 1.807) is 23.1 Å². The monoisotopic (exact) mass is 365 g/mol. The number of benzene rings is 1. The van der Waals surface area contributed by atoms with Gasteiger partial charge < -0.3 is 15.5 Å². The van der Waals surface area contributed by atoms with E-state index in [9.17, 15) is 9.18 Å². The second kappa shape index (κ2) is 5.80. The van der Waals surface area contributed by atoms with Crippen LogP contribution in [0, 0.1) is 5.82 Å². The van der Waals surface area contributed by atoms with E-state index in [4.69, 9.17) is 10.2 Å². The molecular formula is C19H16FN5O2. The average Bonchev–Trinajstić information content (AvgIpc) is 3.28. The lowest BCUT2D eigenvalue weighted by molar-refractivity contribution is -0.117. The van der Waals surface area contributed by atoms with Crippen molar-refractivity contribution in [1.29, 1.82) is 0 Å². The summed E-state index contributed by atoms with van der Waals surface area (Å²) in [6.07, 6.45) is 2.51. The highest BCUT2D eigenvalue weighted by atomic mass is 19.1. The van der Waals surface area contributed by atoms with Gasteiger partial charge in [-0.2, -0.15) is 4.98 Å². The van der Waals surface area contributed by atoms with E-state index in [0.29, 0.717) is 29.9 Å². The van der Waals surface area contributed by atoms with Crippen molar-refractivity contribution in [3.05, 3.63) is 71.1 Å². The topological polar surface area (TPSA) is 99.0 Å². The number of hydrogen-bond donors (Lipinski definition) is 2. The average molecular weight is 365 g/mol. The van der Waals surface area contributed by atoms with Crippen LogP contribution in [-0.2, 0) is 4.79 Å². The normalized spacial score (nSPS) is 21.6. The number of furan rings is 1. The van der Waals surface area contributed by atoms with Crippen LogP contribution in [0.2, 0.25) is 0 Å². The van der Waals surface area contributed by atoms with E-state index in [1.807, 2.05) is 12.1 Å². The fraction of sp³-hybridized carbons (Fsp3) is 0.211. The number of allylic oxidation sites excluding steroid dienone is 2. The second-order valence-corrected chi connectivity index (χ2v) is 6.76. The van der Waals surface area contributed by atoms with Gasteiger partial charge in [0.25, 0.3) is 0 Å². The lowest BCUT2D eigenvalue weighted by atomic mass is 9.79. The summed E-state index contributed by atoms with van der Waals surface area (Å²) in [4.78, 5) is 17.3. The Morgan fingerprint density at radius 2 is 2.15 bits per heavy atom. The van der Waals surface area contributed by atoms with Gasteiger partial charge in [0.1, 0.15) is 17.6 Å². The van der Waals surface area contributed by atoms with Crippen LogP contribution in [-0.4, -0.2) is 20.5 Å². The predicted octanol–water partition coefficient (Wildman–Crippen LogP) is 3.01. The third-order valence-corrected chi connectivity index (χ3v) is 5.05. The second-order valence-electron chi connectivity index (χ2n) is 6.76. The standard InChI is InChI=1S/C19H16FN5O2/c20-12-4-1-3-10(7-12)17-16-13(22-19-23-18(21)24-25(17)19)8-11(9-14(16)26)15-5-2-6-27-15/h1-7,11,17H,8-9H2,(H3,21,22,23,24)/t11-,17+/m1/s1. The predicted molar refractivity (Wildman–Crippen MR) is 95.3 cm³/mol. The number of fused-ring (bicyclic) bond motifs is 1. The van der Waals surface area contributed by atoms with Crippen molar-refractivity contribution in [2.45, 2.75) is 24.8 Å². The number of nitrogens with one attached hydrogen (secondary N) is 1. The van der Waals surface area contributed by atoms with Gasteiger partial charge in [-0.25, -0.2) is 9.07 Å². The molecule has 27 heavy (non-hydrogen) atoms. The molecule has 1 aliphatic carbocycles. The summed E-state index contributed by atoms with van der Waals surface area (Å²) in [6, 6.07) is 9.28. The van der Waals surface area contributed by atoms with Crippen LogP contribution in [0.3, 0.4) is 0 Å². The third-order valence-electron chi connectivity index (χ3n) is 5.05. The van der Waals surface area contributed by atoms with Gasteiger partial charge >= 0.3 is 0 Å². The van der Waals surface area contributed by atoms with Crippen LogP contribution in [0.15, 0.2) is 58.3 Å². The van der Waals surface area contributed by atoms with Crippen LogP contribution < -0.4 is 11.1 Å². The van der Waals surface area contributed by atoms with Gasteiger partial charge in [0.15, 0.2) is 5.78 Å². The van der Waals surface area contributed by atoms with Crippen molar-refractivity contribution in [3.8, 4) is 0 Å². The highest BCUT2D eigenvalue weighted by Gasteiger charge is 2.40. The van der Waals surface area contributed by atoms with E-state index in [1.165, 1.54) is 12.1 Å². The Morgan fingerprint density at radius 1 is 1.26 bits per heavy atom. The lowest BCUT2D eigenvalue weighted by Crippen LogP contribution is -2.33. The number of anilines is 2. The SMILES string of the molecule is Nc1nc2n(n1)[C@@H](c1cccc(F)c1)C1=C(C[C@@H](c3ccco3)CC1=O)N2. The molecule has 2 aliphatic rings. The number of hydrogen-bond acceptors (Lipinski definition) is 6. The molecule has 0 fully saturated rings. The molecule has 8 heteroatoms.